The molecule has 0 fully saturated rings. The van der Waals surface area contributed by atoms with Crippen LogP contribution in [0.2, 0.25) is 0 Å². The van der Waals surface area contributed by atoms with Gasteiger partial charge in [0.25, 0.3) is 0 Å². The number of ether oxygens (including phenoxy) is 2. The molecule has 0 spiro atoms. The molecular formula is C15H14O4. The molecule has 1 heterocycles. The van der Waals surface area contributed by atoms with Gasteiger partial charge in [0.2, 0.25) is 0 Å². The Labute approximate surface area is 111 Å². The Kier molecular flexibility index (Phi) is 4.22. The Morgan fingerprint density at radius 1 is 1.53 bits per heavy atom. The number of aliphatic hydroxyl groups is 1. The zero-order chi connectivity index (χ0) is 13.7. The van der Waals surface area contributed by atoms with Gasteiger partial charge in [-0.1, -0.05) is 11.8 Å². The topological polar surface area (TPSA) is 55.8 Å². The van der Waals surface area contributed by atoms with Crippen molar-refractivity contribution in [3.63, 3.8) is 0 Å². The number of rotatable bonds is 2. The fraction of sp³-hybridized carbons (Fsp3) is 0.267. The summed E-state index contributed by atoms with van der Waals surface area (Å²) in [5.41, 5.74) is 2.04. The summed E-state index contributed by atoms with van der Waals surface area (Å²) in [7, 11) is 0. The molecule has 1 aromatic rings. The van der Waals surface area contributed by atoms with E-state index in [1.807, 2.05) is 12.1 Å². The number of aliphatic hydroxyl groups excluding tert-OH is 1. The molecule has 1 N–H and O–H groups in total. The summed E-state index contributed by atoms with van der Waals surface area (Å²) in [6.07, 6.45) is 1.75. The van der Waals surface area contributed by atoms with Gasteiger partial charge in [-0.05, 0) is 31.2 Å². The molecule has 2 rings (SSSR count). The first-order valence-corrected chi connectivity index (χ1v) is 5.99. The number of carbonyl (C=O) groups is 1. The van der Waals surface area contributed by atoms with E-state index < -0.39 is 0 Å². The lowest BCUT2D eigenvalue weighted by Gasteiger charge is -2.17. The quantitative estimate of drug-likeness (QED) is 0.643. The van der Waals surface area contributed by atoms with Crippen LogP contribution < -0.4 is 4.74 Å². The van der Waals surface area contributed by atoms with E-state index >= 15 is 0 Å². The molecule has 0 aromatic heterocycles. The molecule has 98 valence electrons. The molecule has 1 aliphatic heterocycles. The highest BCUT2D eigenvalue weighted by atomic mass is 16.5. The van der Waals surface area contributed by atoms with Crippen molar-refractivity contribution >= 4 is 12.0 Å². The van der Waals surface area contributed by atoms with Crippen LogP contribution in [0.5, 0.6) is 5.75 Å². The van der Waals surface area contributed by atoms with Gasteiger partial charge < -0.3 is 14.6 Å². The predicted molar refractivity (Wildman–Crippen MR) is 70.5 cm³/mol. The van der Waals surface area contributed by atoms with Crippen LogP contribution in [0.1, 0.15) is 18.1 Å². The maximum Gasteiger partial charge on any atom is 0.337 e. The third kappa shape index (κ3) is 3.15. The Hall–Kier alpha value is -2.25. The summed E-state index contributed by atoms with van der Waals surface area (Å²) in [6, 6.07) is 5.43. The summed E-state index contributed by atoms with van der Waals surface area (Å²) in [6.45, 7) is 2.13. The first-order valence-electron chi connectivity index (χ1n) is 5.99. The molecule has 0 amide bonds. The fourth-order valence-electron chi connectivity index (χ4n) is 1.74. The molecule has 0 saturated heterocycles. The minimum absolute atomic E-state index is 0.183. The molecule has 0 aliphatic carbocycles. The number of benzene rings is 1. The van der Waals surface area contributed by atoms with Crippen molar-refractivity contribution < 1.29 is 19.4 Å². The zero-order valence-corrected chi connectivity index (χ0v) is 10.6. The second-order valence-corrected chi connectivity index (χ2v) is 3.89. The van der Waals surface area contributed by atoms with E-state index in [-0.39, 0.29) is 19.2 Å². The van der Waals surface area contributed by atoms with Crippen LogP contribution in [0, 0.1) is 11.8 Å². The summed E-state index contributed by atoms with van der Waals surface area (Å²) in [5.74, 6) is 5.74. The number of esters is 1. The molecule has 0 radical (unpaired) electrons. The van der Waals surface area contributed by atoms with Gasteiger partial charge >= 0.3 is 5.97 Å². The highest BCUT2D eigenvalue weighted by Crippen LogP contribution is 2.27. The van der Waals surface area contributed by atoms with Crippen LogP contribution in [-0.4, -0.2) is 30.9 Å². The summed E-state index contributed by atoms with van der Waals surface area (Å²) in [5, 5.41) is 8.67. The molecule has 0 saturated carbocycles. The highest BCUT2D eigenvalue weighted by Gasteiger charge is 2.18. The van der Waals surface area contributed by atoms with Gasteiger partial charge in [0.05, 0.1) is 12.2 Å². The number of fused-ring (bicyclic) bond motifs is 1. The van der Waals surface area contributed by atoms with Gasteiger partial charge in [-0.2, -0.15) is 0 Å². The van der Waals surface area contributed by atoms with E-state index in [4.69, 9.17) is 14.6 Å². The summed E-state index contributed by atoms with van der Waals surface area (Å²) >= 11 is 0. The average molecular weight is 258 g/mol. The van der Waals surface area contributed by atoms with E-state index in [9.17, 15) is 4.79 Å². The lowest BCUT2D eigenvalue weighted by atomic mass is 10.0. The normalized spacial score (nSPS) is 12.4. The molecule has 4 heteroatoms. The van der Waals surface area contributed by atoms with E-state index in [0.717, 1.165) is 11.1 Å². The third-order valence-electron chi connectivity index (χ3n) is 2.57. The maximum absolute atomic E-state index is 11.6. The SMILES string of the molecule is CCOC(=O)C1=Cc2cc(C#CCO)ccc2OC1. The van der Waals surface area contributed by atoms with Crippen molar-refractivity contribution in [2.24, 2.45) is 0 Å². The van der Waals surface area contributed by atoms with Gasteiger partial charge in [0.15, 0.2) is 0 Å². The van der Waals surface area contributed by atoms with Crippen molar-refractivity contribution in [3.05, 3.63) is 34.9 Å². The number of hydrogen-bond donors (Lipinski definition) is 1. The standard InChI is InChI=1S/C15H14O4/c1-2-18-15(17)13-9-12-8-11(4-3-7-16)5-6-14(12)19-10-13/h5-6,8-9,16H,2,7,10H2,1H3. The van der Waals surface area contributed by atoms with Crippen LogP contribution in [0.15, 0.2) is 23.8 Å². The molecular weight excluding hydrogens is 244 g/mol. The van der Waals surface area contributed by atoms with Gasteiger partial charge in [-0.15, -0.1) is 0 Å². The van der Waals surface area contributed by atoms with Crippen LogP contribution in [0.4, 0.5) is 0 Å². The first kappa shape index (κ1) is 13.2. The Bertz CT molecular complexity index is 576. The zero-order valence-electron chi connectivity index (χ0n) is 10.6. The van der Waals surface area contributed by atoms with E-state index in [1.165, 1.54) is 0 Å². The summed E-state index contributed by atoms with van der Waals surface area (Å²) in [4.78, 5) is 11.6. The van der Waals surface area contributed by atoms with Crippen molar-refractivity contribution in [1.29, 1.82) is 0 Å². The van der Waals surface area contributed by atoms with E-state index in [0.29, 0.717) is 17.9 Å². The van der Waals surface area contributed by atoms with Gasteiger partial charge in [0, 0.05) is 11.1 Å². The van der Waals surface area contributed by atoms with Crippen LogP contribution in [0.25, 0.3) is 6.08 Å². The number of carbonyl (C=O) groups excluding carboxylic acids is 1. The molecule has 0 unspecified atom stereocenters. The van der Waals surface area contributed by atoms with E-state index in [2.05, 4.69) is 11.8 Å². The van der Waals surface area contributed by atoms with Gasteiger partial charge in [-0.25, -0.2) is 4.79 Å². The van der Waals surface area contributed by atoms with Crippen molar-refractivity contribution in [2.45, 2.75) is 6.92 Å². The van der Waals surface area contributed by atoms with Crippen molar-refractivity contribution in [3.8, 4) is 17.6 Å². The van der Waals surface area contributed by atoms with Gasteiger partial charge in [-0.3, -0.25) is 0 Å². The molecule has 0 bridgehead atoms. The summed E-state index contributed by atoms with van der Waals surface area (Å²) < 4.78 is 10.4. The maximum atomic E-state index is 11.6. The molecule has 1 aromatic carbocycles. The molecule has 19 heavy (non-hydrogen) atoms. The second kappa shape index (κ2) is 6.07. The monoisotopic (exact) mass is 258 g/mol. The number of hydrogen-bond acceptors (Lipinski definition) is 4. The third-order valence-corrected chi connectivity index (χ3v) is 2.57. The lowest BCUT2D eigenvalue weighted by molar-refractivity contribution is -0.138. The fourth-order valence-corrected chi connectivity index (χ4v) is 1.74. The minimum atomic E-state index is -0.361. The Morgan fingerprint density at radius 2 is 2.37 bits per heavy atom. The van der Waals surface area contributed by atoms with Crippen LogP contribution >= 0.6 is 0 Å². The predicted octanol–water partition coefficient (Wildman–Crippen LogP) is 1.37. The lowest BCUT2D eigenvalue weighted by Crippen LogP contribution is -2.17. The highest BCUT2D eigenvalue weighted by molar-refractivity contribution is 5.95. The van der Waals surface area contributed by atoms with Crippen molar-refractivity contribution in [2.75, 3.05) is 19.8 Å². The van der Waals surface area contributed by atoms with Crippen molar-refractivity contribution in [1.82, 2.24) is 0 Å². The van der Waals surface area contributed by atoms with Gasteiger partial charge in [0.1, 0.15) is 19.0 Å². The second-order valence-electron chi connectivity index (χ2n) is 3.89. The van der Waals surface area contributed by atoms with Crippen LogP contribution in [-0.2, 0) is 9.53 Å². The largest absolute Gasteiger partial charge is 0.488 e. The molecule has 4 nitrogen and oxygen atoms in total. The Morgan fingerprint density at radius 3 is 3.11 bits per heavy atom. The average Bonchev–Trinajstić information content (AvgIpc) is 2.44. The Balaban J connectivity index is 2.29. The smallest absolute Gasteiger partial charge is 0.337 e. The molecule has 0 atom stereocenters. The first-order chi connectivity index (χ1) is 9.24. The van der Waals surface area contributed by atoms with Crippen LogP contribution in [0.3, 0.4) is 0 Å². The minimum Gasteiger partial charge on any atom is -0.488 e. The molecule has 1 aliphatic rings. The van der Waals surface area contributed by atoms with E-state index in [1.54, 1.807) is 19.1 Å².